The molecule has 0 aliphatic carbocycles. The number of hydrogen-bond acceptors (Lipinski definition) is 4. The van der Waals surface area contributed by atoms with Crippen molar-refractivity contribution in [2.45, 2.75) is 18.9 Å². The lowest BCUT2D eigenvalue weighted by molar-refractivity contribution is -0.140. The molecule has 1 aliphatic heterocycles. The molecule has 94 valence electrons. The lowest BCUT2D eigenvalue weighted by Crippen LogP contribution is -2.47. The second-order valence-corrected chi connectivity index (χ2v) is 4.38. The van der Waals surface area contributed by atoms with Crippen molar-refractivity contribution in [2.75, 3.05) is 40.4 Å². The molecule has 1 fully saturated rings. The van der Waals surface area contributed by atoms with Gasteiger partial charge in [-0.05, 0) is 38.9 Å². The largest absolute Gasteiger partial charge is 0.480 e. The molecular weight excluding hydrogens is 208 g/mol. The van der Waals surface area contributed by atoms with Crippen molar-refractivity contribution in [2.24, 2.45) is 5.92 Å². The first kappa shape index (κ1) is 13.4. The Balaban J connectivity index is 2.28. The van der Waals surface area contributed by atoms with Gasteiger partial charge in [-0.1, -0.05) is 0 Å². The molecule has 0 bridgehead atoms. The molecule has 0 aromatic carbocycles. The van der Waals surface area contributed by atoms with Crippen molar-refractivity contribution in [3.05, 3.63) is 0 Å². The highest BCUT2D eigenvalue weighted by Crippen LogP contribution is 2.17. The highest BCUT2D eigenvalue weighted by atomic mass is 16.5. The minimum Gasteiger partial charge on any atom is -0.480 e. The van der Waals surface area contributed by atoms with Gasteiger partial charge in [0.1, 0.15) is 6.04 Å². The van der Waals surface area contributed by atoms with Crippen LogP contribution in [0.2, 0.25) is 0 Å². The number of carbonyl (C=O) groups is 1. The third kappa shape index (κ3) is 4.08. The molecule has 0 radical (unpaired) electrons. The number of nitrogens with zero attached hydrogens (tertiary/aromatic N) is 1. The number of piperidine rings is 1. The molecule has 5 nitrogen and oxygen atoms in total. The van der Waals surface area contributed by atoms with Gasteiger partial charge in [0.25, 0.3) is 0 Å². The van der Waals surface area contributed by atoms with E-state index in [1.807, 2.05) is 0 Å². The standard InChI is InChI=1S/C11H22N2O3/c1-12-10(11(14)15)7-13-5-3-9(4-6-13)8-16-2/h9-10,12H,3-8H2,1-2H3,(H,14,15). The van der Waals surface area contributed by atoms with Crippen molar-refractivity contribution in [1.29, 1.82) is 0 Å². The monoisotopic (exact) mass is 230 g/mol. The first-order valence-electron chi connectivity index (χ1n) is 5.78. The minimum atomic E-state index is -0.776. The molecule has 0 amide bonds. The molecule has 2 N–H and O–H groups in total. The average Bonchev–Trinajstić information content (AvgIpc) is 2.28. The Bertz CT molecular complexity index is 215. The summed E-state index contributed by atoms with van der Waals surface area (Å²) in [5, 5.41) is 11.8. The lowest BCUT2D eigenvalue weighted by atomic mass is 9.97. The van der Waals surface area contributed by atoms with Gasteiger partial charge in [-0.2, -0.15) is 0 Å². The Kier molecular flexibility index (Phi) is 5.73. The highest BCUT2D eigenvalue weighted by molar-refractivity contribution is 5.73. The summed E-state index contributed by atoms with van der Waals surface area (Å²) in [5.74, 6) is -0.138. The fourth-order valence-electron chi connectivity index (χ4n) is 2.12. The molecule has 1 unspecified atom stereocenters. The number of hydrogen-bond donors (Lipinski definition) is 2. The van der Waals surface area contributed by atoms with Crippen LogP contribution in [0.3, 0.4) is 0 Å². The fourth-order valence-corrected chi connectivity index (χ4v) is 2.12. The van der Waals surface area contributed by atoms with Crippen LogP contribution in [0, 0.1) is 5.92 Å². The van der Waals surface area contributed by atoms with Crippen LogP contribution in [0.5, 0.6) is 0 Å². The van der Waals surface area contributed by atoms with Gasteiger partial charge in [0.2, 0.25) is 0 Å². The lowest BCUT2D eigenvalue weighted by Gasteiger charge is -2.32. The van der Waals surface area contributed by atoms with Crippen LogP contribution in [0.15, 0.2) is 0 Å². The van der Waals surface area contributed by atoms with E-state index in [1.54, 1.807) is 14.2 Å². The zero-order valence-corrected chi connectivity index (χ0v) is 10.1. The number of carboxylic acids is 1. The molecular formula is C11H22N2O3. The molecule has 1 saturated heterocycles. The van der Waals surface area contributed by atoms with Crippen molar-refractivity contribution in [3.8, 4) is 0 Å². The number of carboxylic acid groups (broad SMARTS) is 1. The van der Waals surface area contributed by atoms with Gasteiger partial charge in [0.05, 0.1) is 0 Å². The third-order valence-corrected chi connectivity index (χ3v) is 3.20. The van der Waals surface area contributed by atoms with E-state index >= 15 is 0 Å². The summed E-state index contributed by atoms with van der Waals surface area (Å²) in [6, 6.07) is -0.459. The van der Waals surface area contributed by atoms with Crippen LogP contribution in [0.25, 0.3) is 0 Å². The molecule has 1 rings (SSSR count). The van der Waals surface area contributed by atoms with Crippen LogP contribution in [0.4, 0.5) is 0 Å². The SMILES string of the molecule is CNC(CN1CCC(COC)CC1)C(=O)O. The van der Waals surface area contributed by atoms with E-state index in [9.17, 15) is 4.79 Å². The molecule has 0 spiro atoms. The van der Waals surface area contributed by atoms with Gasteiger partial charge in [-0.15, -0.1) is 0 Å². The van der Waals surface area contributed by atoms with Crippen molar-refractivity contribution < 1.29 is 14.6 Å². The second kappa shape index (κ2) is 6.83. The third-order valence-electron chi connectivity index (χ3n) is 3.20. The zero-order valence-electron chi connectivity index (χ0n) is 10.1. The van der Waals surface area contributed by atoms with Gasteiger partial charge in [0.15, 0.2) is 0 Å². The number of ether oxygens (including phenoxy) is 1. The quantitative estimate of drug-likeness (QED) is 0.673. The maximum Gasteiger partial charge on any atom is 0.322 e. The van der Waals surface area contributed by atoms with Crippen molar-refractivity contribution in [3.63, 3.8) is 0 Å². The van der Waals surface area contributed by atoms with E-state index in [1.165, 1.54) is 0 Å². The maximum atomic E-state index is 10.9. The van der Waals surface area contributed by atoms with Crippen molar-refractivity contribution in [1.82, 2.24) is 10.2 Å². The van der Waals surface area contributed by atoms with E-state index in [0.29, 0.717) is 12.5 Å². The molecule has 0 saturated carbocycles. The number of methoxy groups -OCH3 is 1. The Morgan fingerprint density at radius 3 is 2.62 bits per heavy atom. The summed E-state index contributed by atoms with van der Waals surface area (Å²) in [4.78, 5) is 13.1. The number of rotatable bonds is 6. The van der Waals surface area contributed by atoms with Crippen LogP contribution < -0.4 is 5.32 Å². The molecule has 0 aromatic heterocycles. The van der Waals surface area contributed by atoms with Gasteiger partial charge < -0.3 is 20.1 Å². The smallest absolute Gasteiger partial charge is 0.322 e. The highest BCUT2D eigenvalue weighted by Gasteiger charge is 2.23. The summed E-state index contributed by atoms with van der Waals surface area (Å²) >= 11 is 0. The second-order valence-electron chi connectivity index (χ2n) is 4.38. The molecule has 16 heavy (non-hydrogen) atoms. The number of aliphatic carboxylic acids is 1. The van der Waals surface area contributed by atoms with Gasteiger partial charge in [-0.3, -0.25) is 4.79 Å². The van der Waals surface area contributed by atoms with Crippen LogP contribution in [-0.2, 0) is 9.53 Å². The average molecular weight is 230 g/mol. The molecule has 1 heterocycles. The van der Waals surface area contributed by atoms with Crippen molar-refractivity contribution >= 4 is 5.97 Å². The Morgan fingerprint density at radius 2 is 2.19 bits per heavy atom. The maximum absolute atomic E-state index is 10.9. The summed E-state index contributed by atoms with van der Waals surface area (Å²) < 4.78 is 5.13. The summed E-state index contributed by atoms with van der Waals surface area (Å²) in [6.07, 6.45) is 2.20. The first-order chi connectivity index (χ1) is 7.67. The Hall–Kier alpha value is -0.650. The van der Waals surface area contributed by atoms with Gasteiger partial charge in [0, 0.05) is 20.3 Å². The van der Waals surface area contributed by atoms with Gasteiger partial charge in [-0.25, -0.2) is 0 Å². The van der Waals surface area contributed by atoms with Crippen LogP contribution >= 0.6 is 0 Å². The Labute approximate surface area is 96.8 Å². The van der Waals surface area contributed by atoms with Crippen LogP contribution in [0.1, 0.15) is 12.8 Å². The summed E-state index contributed by atoms with van der Waals surface area (Å²) in [5.41, 5.74) is 0. The van der Waals surface area contributed by atoms with E-state index in [-0.39, 0.29) is 0 Å². The van der Waals surface area contributed by atoms with E-state index in [4.69, 9.17) is 9.84 Å². The number of nitrogens with one attached hydrogen (secondary N) is 1. The molecule has 1 atom stereocenters. The minimum absolute atomic E-state index is 0.459. The predicted octanol–water partition coefficient (Wildman–Crippen LogP) is 0.0174. The summed E-state index contributed by atoms with van der Waals surface area (Å²) in [6.45, 7) is 3.35. The zero-order chi connectivity index (χ0) is 12.0. The first-order valence-corrected chi connectivity index (χ1v) is 5.78. The fraction of sp³-hybridized carbons (Fsp3) is 0.909. The normalized spacial score (nSPS) is 20.9. The molecule has 1 aliphatic rings. The Morgan fingerprint density at radius 1 is 1.56 bits per heavy atom. The van der Waals surface area contributed by atoms with Gasteiger partial charge >= 0.3 is 5.97 Å². The summed E-state index contributed by atoms with van der Waals surface area (Å²) in [7, 11) is 3.42. The topological polar surface area (TPSA) is 61.8 Å². The number of likely N-dealkylation sites (N-methyl/N-ethyl adjacent to an activating group) is 1. The molecule has 0 aromatic rings. The van der Waals surface area contributed by atoms with E-state index in [2.05, 4.69) is 10.2 Å². The molecule has 5 heteroatoms. The predicted molar refractivity (Wildman–Crippen MR) is 61.5 cm³/mol. The van der Waals surface area contributed by atoms with E-state index < -0.39 is 12.0 Å². The number of likely N-dealkylation sites (tertiary alicyclic amines) is 1. The van der Waals surface area contributed by atoms with Crippen LogP contribution in [-0.4, -0.2) is 62.4 Å². The van der Waals surface area contributed by atoms with E-state index in [0.717, 1.165) is 32.5 Å².